The number of carbonyl (C=O) groups is 2. The van der Waals surface area contributed by atoms with Crippen LogP contribution in [0.3, 0.4) is 0 Å². The maximum absolute atomic E-state index is 12.4. The van der Waals surface area contributed by atoms with Crippen LogP contribution in [0.4, 0.5) is 11.4 Å². The predicted molar refractivity (Wildman–Crippen MR) is 199 cm³/mol. The lowest BCUT2D eigenvalue weighted by molar-refractivity contribution is -0.111. The van der Waals surface area contributed by atoms with Crippen LogP contribution in [0.15, 0.2) is 98.4 Å². The second kappa shape index (κ2) is 15.1. The van der Waals surface area contributed by atoms with Crippen molar-refractivity contribution in [3.8, 4) is 17.1 Å². The summed E-state index contributed by atoms with van der Waals surface area (Å²) in [5.41, 5.74) is 5.11. The fourth-order valence-corrected chi connectivity index (χ4v) is 6.38. The van der Waals surface area contributed by atoms with Crippen LogP contribution >= 0.6 is 39.1 Å². The molecule has 254 valence electrons. The number of rotatable bonds is 7. The number of morpholine rings is 1. The van der Waals surface area contributed by atoms with Gasteiger partial charge in [0.25, 0.3) is 11.8 Å². The van der Waals surface area contributed by atoms with E-state index in [-0.39, 0.29) is 11.8 Å². The Hall–Kier alpha value is -4.58. The van der Waals surface area contributed by atoms with Gasteiger partial charge < -0.3 is 28.9 Å². The van der Waals surface area contributed by atoms with Gasteiger partial charge in [-0.15, -0.1) is 0 Å². The molecule has 3 aromatic carbocycles. The lowest BCUT2D eigenvalue weighted by atomic mass is 10.1. The topological polar surface area (TPSA) is 106 Å². The summed E-state index contributed by atoms with van der Waals surface area (Å²) in [4.78, 5) is 26.6. The number of nitrogens with zero attached hydrogens (tertiary/aromatic N) is 1. The van der Waals surface area contributed by atoms with Crippen molar-refractivity contribution in [2.75, 3.05) is 50.1 Å². The molecule has 0 bridgehead atoms. The summed E-state index contributed by atoms with van der Waals surface area (Å²) in [7, 11) is 0. The van der Waals surface area contributed by atoms with Gasteiger partial charge in [-0.1, -0.05) is 23.2 Å². The molecule has 50 heavy (non-hydrogen) atoms. The van der Waals surface area contributed by atoms with Crippen molar-refractivity contribution < 1.29 is 27.9 Å². The Kier molecular flexibility index (Phi) is 10.3. The van der Waals surface area contributed by atoms with E-state index >= 15 is 0 Å². The van der Waals surface area contributed by atoms with Gasteiger partial charge in [0.2, 0.25) is 0 Å². The molecule has 3 aliphatic rings. The minimum Gasteiger partial charge on any atom is -0.492 e. The van der Waals surface area contributed by atoms with E-state index in [1.54, 1.807) is 60.7 Å². The first kappa shape index (κ1) is 33.9. The lowest BCUT2D eigenvalue weighted by Gasteiger charge is -2.26. The van der Waals surface area contributed by atoms with Crippen molar-refractivity contribution in [1.29, 1.82) is 0 Å². The fraction of sp³-hybridized carbons (Fsp3) is 0.158. The van der Waals surface area contributed by atoms with E-state index in [0.717, 1.165) is 72.4 Å². The van der Waals surface area contributed by atoms with Crippen molar-refractivity contribution in [3.05, 3.63) is 122 Å². The van der Waals surface area contributed by atoms with Crippen LogP contribution in [0.2, 0.25) is 10.0 Å². The molecule has 1 fully saturated rings. The first-order chi connectivity index (χ1) is 24.3. The Morgan fingerprint density at radius 2 is 1.32 bits per heavy atom. The van der Waals surface area contributed by atoms with Crippen LogP contribution in [-0.4, -0.2) is 56.2 Å². The van der Waals surface area contributed by atoms with Gasteiger partial charge in [-0.25, -0.2) is 0 Å². The Bertz CT molecular complexity index is 2110. The molecule has 0 spiro atoms. The molecular formula is C38H30BrCl2N3O6. The third-order valence-electron chi connectivity index (χ3n) is 8.24. The number of amides is 2. The molecule has 0 atom stereocenters. The molecule has 0 saturated carbocycles. The first-order valence-corrected chi connectivity index (χ1v) is 17.4. The SMILES string of the molecule is O=C1Nc2ccc(Cl)cc2/C1=C/c1ccc(-c2ccc(OCCN3CCOCC3)cc2)o1.O=C1Nc2ccc(Cl)cc2/C1=C/c1ccc(Br)o1. The number of hydrogen-bond donors (Lipinski definition) is 2. The fourth-order valence-electron chi connectivity index (χ4n) is 5.72. The zero-order valence-electron chi connectivity index (χ0n) is 26.5. The first-order valence-electron chi connectivity index (χ1n) is 15.8. The van der Waals surface area contributed by atoms with E-state index in [9.17, 15) is 9.59 Å². The molecule has 9 nitrogen and oxygen atoms in total. The summed E-state index contributed by atoms with van der Waals surface area (Å²) in [5, 5.41) is 6.81. The number of carbonyl (C=O) groups excluding carboxylic acids is 2. The van der Waals surface area contributed by atoms with E-state index in [0.29, 0.717) is 44.0 Å². The van der Waals surface area contributed by atoms with Crippen LogP contribution in [-0.2, 0) is 14.3 Å². The van der Waals surface area contributed by atoms with Crippen molar-refractivity contribution in [2.24, 2.45) is 0 Å². The molecule has 2 amide bonds. The van der Waals surface area contributed by atoms with E-state index in [4.69, 9.17) is 41.5 Å². The van der Waals surface area contributed by atoms with Gasteiger partial charge in [-0.05, 0) is 113 Å². The predicted octanol–water partition coefficient (Wildman–Crippen LogP) is 8.99. The highest BCUT2D eigenvalue weighted by Gasteiger charge is 2.26. The Morgan fingerprint density at radius 3 is 1.90 bits per heavy atom. The standard InChI is InChI=1S/C25H23ClN2O4.C13H7BrClNO2/c26-18-3-7-23-21(15-18)22(25(29)27-23)16-20-6-8-24(32-20)17-1-4-19(5-2-17)31-14-11-28-9-12-30-13-10-28;14-12-4-2-8(18-12)6-10-9-5-7(15)1-3-11(9)16-13(10)17/h1-8,15-16H,9-14H2,(H,27,29);1-6H,(H,16,17)/b22-16-;10-6-. The summed E-state index contributed by atoms with van der Waals surface area (Å²) in [6.07, 6.45) is 3.44. The minimum atomic E-state index is -0.168. The van der Waals surface area contributed by atoms with Crippen LogP contribution in [0.5, 0.6) is 5.75 Å². The highest BCUT2D eigenvalue weighted by atomic mass is 79.9. The number of ether oxygens (including phenoxy) is 2. The largest absolute Gasteiger partial charge is 0.492 e. The van der Waals surface area contributed by atoms with E-state index in [2.05, 4.69) is 31.5 Å². The number of hydrogen-bond acceptors (Lipinski definition) is 7. The zero-order chi connectivity index (χ0) is 34.6. The molecule has 0 unspecified atom stereocenters. The normalized spacial score (nSPS) is 16.9. The average molecular weight is 775 g/mol. The molecule has 1 saturated heterocycles. The monoisotopic (exact) mass is 773 g/mol. The second-order valence-corrected chi connectivity index (χ2v) is 13.2. The smallest absolute Gasteiger partial charge is 0.256 e. The average Bonchev–Trinajstić information content (AvgIpc) is 3.90. The van der Waals surface area contributed by atoms with Gasteiger partial charge in [0.1, 0.15) is 29.6 Å². The summed E-state index contributed by atoms with van der Waals surface area (Å²) in [6, 6.07) is 25.8. The summed E-state index contributed by atoms with van der Waals surface area (Å²) >= 11 is 15.3. The number of halogens is 3. The van der Waals surface area contributed by atoms with Crippen molar-refractivity contribution >= 4 is 85.6 Å². The van der Waals surface area contributed by atoms with Gasteiger partial charge in [0, 0.05) is 57.7 Å². The van der Waals surface area contributed by atoms with Gasteiger partial charge in [0.05, 0.1) is 24.4 Å². The molecule has 5 heterocycles. The molecule has 2 N–H and O–H groups in total. The zero-order valence-corrected chi connectivity index (χ0v) is 29.6. The van der Waals surface area contributed by atoms with Crippen molar-refractivity contribution in [1.82, 2.24) is 4.90 Å². The highest BCUT2D eigenvalue weighted by molar-refractivity contribution is 9.10. The van der Waals surface area contributed by atoms with Gasteiger partial charge in [-0.2, -0.15) is 0 Å². The lowest BCUT2D eigenvalue weighted by Crippen LogP contribution is -2.38. The molecule has 0 radical (unpaired) electrons. The number of furan rings is 2. The molecule has 5 aromatic rings. The number of benzene rings is 3. The third-order valence-corrected chi connectivity index (χ3v) is 9.14. The Balaban J connectivity index is 0.000000184. The van der Waals surface area contributed by atoms with Crippen molar-refractivity contribution in [2.45, 2.75) is 0 Å². The summed E-state index contributed by atoms with van der Waals surface area (Å²) in [6.45, 7) is 5.04. The quantitative estimate of drug-likeness (QED) is 0.159. The van der Waals surface area contributed by atoms with Crippen LogP contribution < -0.4 is 15.4 Å². The molecular weight excluding hydrogens is 745 g/mol. The maximum Gasteiger partial charge on any atom is 0.256 e. The van der Waals surface area contributed by atoms with Gasteiger partial charge in [0.15, 0.2) is 4.67 Å². The summed E-state index contributed by atoms with van der Waals surface area (Å²) < 4.78 is 23.2. The number of anilines is 2. The van der Waals surface area contributed by atoms with Crippen molar-refractivity contribution in [3.63, 3.8) is 0 Å². The van der Waals surface area contributed by atoms with Crippen LogP contribution in [0.25, 0.3) is 34.6 Å². The molecule has 12 heteroatoms. The number of fused-ring (bicyclic) bond motifs is 2. The van der Waals surface area contributed by atoms with Crippen LogP contribution in [0, 0.1) is 0 Å². The maximum atomic E-state index is 12.4. The molecule has 2 aromatic heterocycles. The second-order valence-electron chi connectivity index (χ2n) is 11.6. The van der Waals surface area contributed by atoms with Crippen LogP contribution in [0.1, 0.15) is 22.6 Å². The Morgan fingerprint density at radius 1 is 0.740 bits per heavy atom. The number of nitrogens with one attached hydrogen (secondary N) is 2. The molecule has 3 aliphatic heterocycles. The van der Waals surface area contributed by atoms with E-state index in [1.807, 2.05) is 36.4 Å². The van der Waals surface area contributed by atoms with E-state index in [1.165, 1.54) is 0 Å². The van der Waals surface area contributed by atoms with Gasteiger partial charge >= 0.3 is 0 Å². The molecule has 8 rings (SSSR count). The minimum absolute atomic E-state index is 0.153. The van der Waals surface area contributed by atoms with Gasteiger partial charge in [-0.3, -0.25) is 14.5 Å². The third kappa shape index (κ3) is 7.90. The highest BCUT2D eigenvalue weighted by Crippen LogP contribution is 2.37. The summed E-state index contributed by atoms with van der Waals surface area (Å²) in [5.74, 6) is 2.44. The van der Waals surface area contributed by atoms with E-state index < -0.39 is 0 Å². The Labute approximate surface area is 306 Å². The molecule has 0 aliphatic carbocycles.